The number of hydrogen-bond acceptors (Lipinski definition) is 10. The molecule has 3 heterocycles. The van der Waals surface area contributed by atoms with Gasteiger partial charge in [0.1, 0.15) is 0 Å². The average molecular weight is 494 g/mol. The molecule has 0 aliphatic carbocycles. The molecule has 0 N–H and O–H groups in total. The number of aryl methyl sites for hydroxylation is 1. The van der Waals surface area contributed by atoms with E-state index < -0.39 is 4.92 Å². The zero-order valence-corrected chi connectivity index (χ0v) is 20.0. The van der Waals surface area contributed by atoms with E-state index in [1.165, 1.54) is 29.5 Å². The lowest BCUT2D eigenvalue weighted by Gasteiger charge is -2.28. The molecule has 1 atom stereocenters. The lowest BCUT2D eigenvalue weighted by atomic mass is 10.2. The maximum Gasteiger partial charge on any atom is 0.269 e. The van der Waals surface area contributed by atoms with Gasteiger partial charge in [0.2, 0.25) is 17.7 Å². The van der Waals surface area contributed by atoms with E-state index in [-0.39, 0.29) is 10.9 Å². The number of morpholine rings is 1. The number of non-ortho nitro benzene ring substituents is 1. The molecule has 2 aromatic carbocycles. The molecule has 2 aromatic heterocycles. The second-order valence-electron chi connectivity index (χ2n) is 8.06. The largest absolute Gasteiger partial charge is 0.419 e. The van der Waals surface area contributed by atoms with Crippen molar-refractivity contribution in [2.24, 2.45) is 0 Å². The van der Waals surface area contributed by atoms with Gasteiger partial charge in [-0.05, 0) is 38.1 Å². The third-order valence-corrected chi connectivity index (χ3v) is 6.63. The van der Waals surface area contributed by atoms with E-state index in [1.54, 1.807) is 12.1 Å². The maximum absolute atomic E-state index is 10.9. The predicted octanol–water partition coefficient (Wildman–Crippen LogP) is 4.22. The quantitative estimate of drug-likeness (QED) is 0.210. The molecule has 0 amide bonds. The molecule has 11 nitrogen and oxygen atoms in total. The Bertz CT molecular complexity index is 1310. The number of anilines is 1. The molecule has 180 valence electrons. The molecule has 0 saturated carbocycles. The van der Waals surface area contributed by atoms with Crippen molar-refractivity contribution < 1.29 is 14.1 Å². The van der Waals surface area contributed by atoms with E-state index in [2.05, 4.69) is 56.5 Å². The fraction of sp³-hybridized carbons (Fsp3) is 0.304. The SMILES string of the molecule is Cc1ccc(-n2c(SC(C)c3nnc(-c4ccc([N+](=O)[O-])cc4)o3)nnc2N2CCOCC2)cc1. The molecule has 0 radical (unpaired) electrons. The first-order chi connectivity index (χ1) is 17.0. The summed E-state index contributed by atoms with van der Waals surface area (Å²) in [4.78, 5) is 12.6. The van der Waals surface area contributed by atoms with Crippen LogP contribution in [0.1, 0.15) is 23.6 Å². The van der Waals surface area contributed by atoms with Crippen LogP contribution >= 0.6 is 11.8 Å². The molecule has 1 aliphatic heterocycles. The summed E-state index contributed by atoms with van der Waals surface area (Å²) in [5.41, 5.74) is 2.75. The van der Waals surface area contributed by atoms with Crippen molar-refractivity contribution in [3.05, 3.63) is 70.1 Å². The van der Waals surface area contributed by atoms with Gasteiger partial charge in [-0.3, -0.25) is 14.7 Å². The number of thioether (sulfide) groups is 1. The number of rotatable bonds is 7. The van der Waals surface area contributed by atoms with E-state index in [1.807, 2.05) is 11.5 Å². The Hall–Kier alpha value is -3.77. The van der Waals surface area contributed by atoms with Crippen LogP contribution in [0.3, 0.4) is 0 Å². The molecular formula is C23H23N7O4S. The molecular weight excluding hydrogens is 470 g/mol. The van der Waals surface area contributed by atoms with Crippen LogP contribution in [-0.2, 0) is 4.74 Å². The monoisotopic (exact) mass is 493 g/mol. The third kappa shape index (κ3) is 4.88. The van der Waals surface area contributed by atoms with Gasteiger partial charge < -0.3 is 14.1 Å². The number of nitro benzene ring substituents is 1. The van der Waals surface area contributed by atoms with E-state index in [9.17, 15) is 10.1 Å². The molecule has 0 bridgehead atoms. The van der Waals surface area contributed by atoms with Crippen LogP contribution in [0.2, 0.25) is 0 Å². The standard InChI is InChI=1S/C23H23N7O4S/c1-15-3-7-18(8-4-15)29-22(28-11-13-33-14-12-28)26-27-23(29)35-16(2)20-24-25-21(34-20)17-5-9-19(10-6-17)30(31)32/h3-10,16H,11-14H2,1-2H3. The number of ether oxygens (including phenoxy) is 1. The zero-order valence-electron chi connectivity index (χ0n) is 19.2. The van der Waals surface area contributed by atoms with Crippen LogP contribution in [0.15, 0.2) is 58.1 Å². The summed E-state index contributed by atoms with van der Waals surface area (Å²) in [5, 5.41) is 28.7. The number of aromatic nitrogens is 5. The van der Waals surface area contributed by atoms with Crippen molar-refractivity contribution >= 4 is 23.4 Å². The molecule has 1 fully saturated rings. The summed E-state index contributed by atoms with van der Waals surface area (Å²) in [6, 6.07) is 14.2. The van der Waals surface area contributed by atoms with Gasteiger partial charge >= 0.3 is 0 Å². The van der Waals surface area contributed by atoms with E-state index in [0.29, 0.717) is 35.7 Å². The van der Waals surface area contributed by atoms with Crippen molar-refractivity contribution in [3.8, 4) is 17.1 Å². The van der Waals surface area contributed by atoms with Gasteiger partial charge in [-0.25, -0.2) is 0 Å². The molecule has 0 spiro atoms. The van der Waals surface area contributed by atoms with E-state index in [0.717, 1.165) is 24.7 Å². The Morgan fingerprint density at radius 3 is 2.40 bits per heavy atom. The van der Waals surface area contributed by atoms with Gasteiger partial charge in [0.25, 0.3) is 5.69 Å². The molecule has 5 rings (SSSR count). The highest BCUT2D eigenvalue weighted by Crippen LogP contribution is 2.37. The minimum absolute atomic E-state index is 0.00364. The van der Waals surface area contributed by atoms with Crippen molar-refractivity contribution in [2.75, 3.05) is 31.2 Å². The van der Waals surface area contributed by atoms with Gasteiger partial charge in [-0.15, -0.1) is 20.4 Å². The van der Waals surface area contributed by atoms with Gasteiger partial charge in [-0.1, -0.05) is 29.5 Å². The first-order valence-electron chi connectivity index (χ1n) is 11.1. The lowest BCUT2D eigenvalue weighted by molar-refractivity contribution is -0.384. The Kier molecular flexibility index (Phi) is 6.47. The second kappa shape index (κ2) is 9.84. The number of nitrogens with zero attached hydrogens (tertiary/aromatic N) is 7. The summed E-state index contributed by atoms with van der Waals surface area (Å²) in [7, 11) is 0. The zero-order chi connectivity index (χ0) is 24.4. The molecule has 12 heteroatoms. The molecule has 1 aliphatic rings. The van der Waals surface area contributed by atoms with Crippen LogP contribution in [0.4, 0.5) is 11.6 Å². The van der Waals surface area contributed by atoms with Crippen LogP contribution < -0.4 is 4.90 Å². The maximum atomic E-state index is 10.9. The van der Waals surface area contributed by atoms with Crippen molar-refractivity contribution in [2.45, 2.75) is 24.3 Å². The summed E-state index contributed by atoms with van der Waals surface area (Å²) in [6.45, 7) is 6.79. The molecule has 1 saturated heterocycles. The van der Waals surface area contributed by atoms with Crippen molar-refractivity contribution in [3.63, 3.8) is 0 Å². The van der Waals surface area contributed by atoms with Crippen molar-refractivity contribution in [1.82, 2.24) is 25.0 Å². The predicted molar refractivity (Wildman–Crippen MR) is 130 cm³/mol. The fourth-order valence-corrected chi connectivity index (χ4v) is 4.57. The van der Waals surface area contributed by atoms with Gasteiger partial charge in [0.15, 0.2) is 5.16 Å². The Morgan fingerprint density at radius 1 is 1.00 bits per heavy atom. The summed E-state index contributed by atoms with van der Waals surface area (Å²) < 4.78 is 13.4. The lowest BCUT2D eigenvalue weighted by Crippen LogP contribution is -2.37. The summed E-state index contributed by atoms with van der Waals surface area (Å²) in [6.07, 6.45) is 0. The van der Waals surface area contributed by atoms with Crippen molar-refractivity contribution in [1.29, 1.82) is 0 Å². The Balaban J connectivity index is 1.41. The minimum Gasteiger partial charge on any atom is -0.419 e. The number of benzene rings is 2. The second-order valence-corrected chi connectivity index (χ2v) is 9.37. The highest BCUT2D eigenvalue weighted by molar-refractivity contribution is 7.99. The third-order valence-electron chi connectivity index (χ3n) is 5.60. The Labute approximate surface area is 205 Å². The minimum atomic E-state index is -0.447. The topological polar surface area (TPSA) is 125 Å². The Morgan fingerprint density at radius 2 is 1.71 bits per heavy atom. The van der Waals surface area contributed by atoms with Gasteiger partial charge in [-0.2, -0.15) is 0 Å². The smallest absolute Gasteiger partial charge is 0.269 e. The average Bonchev–Trinajstić information content (AvgIpc) is 3.53. The summed E-state index contributed by atoms with van der Waals surface area (Å²) >= 11 is 1.47. The summed E-state index contributed by atoms with van der Waals surface area (Å²) in [5.74, 6) is 1.50. The van der Waals surface area contributed by atoms with E-state index in [4.69, 9.17) is 9.15 Å². The van der Waals surface area contributed by atoms with Crippen LogP contribution in [0, 0.1) is 17.0 Å². The normalized spacial score (nSPS) is 14.7. The number of nitro groups is 1. The highest BCUT2D eigenvalue weighted by Gasteiger charge is 2.25. The van der Waals surface area contributed by atoms with Crippen LogP contribution in [0.25, 0.3) is 17.1 Å². The fourth-order valence-electron chi connectivity index (χ4n) is 3.68. The van der Waals surface area contributed by atoms with E-state index >= 15 is 0 Å². The molecule has 1 unspecified atom stereocenters. The highest BCUT2D eigenvalue weighted by atomic mass is 32.2. The first-order valence-corrected chi connectivity index (χ1v) is 12.0. The van der Waals surface area contributed by atoms with Crippen LogP contribution in [0.5, 0.6) is 0 Å². The number of hydrogen-bond donors (Lipinski definition) is 0. The van der Waals surface area contributed by atoms with Crippen LogP contribution in [-0.4, -0.2) is 56.2 Å². The van der Waals surface area contributed by atoms with Gasteiger partial charge in [0, 0.05) is 30.8 Å². The first kappa shape index (κ1) is 23.0. The molecule has 4 aromatic rings. The van der Waals surface area contributed by atoms with Gasteiger partial charge in [0.05, 0.1) is 29.1 Å². The molecule has 35 heavy (non-hydrogen) atoms.